The molecule has 0 atom stereocenters. The van der Waals surface area contributed by atoms with Gasteiger partial charge in [-0.3, -0.25) is 14.6 Å². The molecule has 104 valence electrons. The van der Waals surface area contributed by atoms with Crippen LogP contribution in [-0.2, 0) is 14.3 Å². The molecule has 0 bridgehead atoms. The van der Waals surface area contributed by atoms with Crippen LogP contribution in [0.1, 0.15) is 13.8 Å². The van der Waals surface area contributed by atoms with Gasteiger partial charge in [-0.25, -0.2) is 0 Å². The lowest BCUT2D eigenvalue weighted by Crippen LogP contribution is -2.37. The molecule has 0 radical (unpaired) electrons. The number of pyridine rings is 1. The summed E-state index contributed by atoms with van der Waals surface area (Å²) in [7, 11) is 0. The van der Waals surface area contributed by atoms with Gasteiger partial charge in [0.15, 0.2) is 0 Å². The summed E-state index contributed by atoms with van der Waals surface area (Å²) in [6, 6.07) is 3.69. The van der Waals surface area contributed by atoms with Crippen LogP contribution in [0, 0.1) is 0 Å². The topological polar surface area (TPSA) is 59.5 Å². The average molecular weight is 282 g/mol. The van der Waals surface area contributed by atoms with Gasteiger partial charge in [0, 0.05) is 23.8 Å². The molecule has 0 saturated carbocycles. The van der Waals surface area contributed by atoms with Crippen LogP contribution in [0.5, 0.6) is 0 Å². The van der Waals surface area contributed by atoms with Crippen molar-refractivity contribution in [2.75, 3.05) is 25.4 Å². The molecule has 0 fully saturated rings. The Hall–Kier alpha value is -1.56. The van der Waals surface area contributed by atoms with Gasteiger partial charge >= 0.3 is 5.97 Å². The molecule has 0 unspecified atom stereocenters. The lowest BCUT2D eigenvalue weighted by Gasteiger charge is -2.19. The summed E-state index contributed by atoms with van der Waals surface area (Å²) >= 11 is 1.43. The minimum absolute atomic E-state index is 0.0140. The Labute approximate surface area is 117 Å². The number of thioether (sulfide) groups is 1. The second-order valence-corrected chi connectivity index (χ2v) is 4.73. The predicted octanol–water partition coefficient (Wildman–Crippen LogP) is 1.59. The van der Waals surface area contributed by atoms with Crippen molar-refractivity contribution in [2.45, 2.75) is 18.7 Å². The first-order valence-electron chi connectivity index (χ1n) is 6.13. The van der Waals surface area contributed by atoms with Crippen molar-refractivity contribution in [1.82, 2.24) is 9.88 Å². The van der Waals surface area contributed by atoms with Crippen LogP contribution in [0.25, 0.3) is 0 Å². The summed E-state index contributed by atoms with van der Waals surface area (Å²) in [4.78, 5) is 29.7. The van der Waals surface area contributed by atoms with Crippen LogP contribution in [0.3, 0.4) is 0 Å². The Morgan fingerprint density at radius 3 is 2.58 bits per heavy atom. The maximum absolute atomic E-state index is 12.0. The number of likely N-dealkylation sites (N-methyl/N-ethyl adjacent to an activating group) is 1. The third-order valence-corrected chi connectivity index (χ3v) is 3.37. The molecule has 0 aliphatic heterocycles. The van der Waals surface area contributed by atoms with Crippen molar-refractivity contribution < 1.29 is 14.3 Å². The van der Waals surface area contributed by atoms with E-state index in [0.29, 0.717) is 18.9 Å². The van der Waals surface area contributed by atoms with Crippen molar-refractivity contribution in [3.8, 4) is 0 Å². The lowest BCUT2D eigenvalue weighted by atomic mass is 10.4. The maximum Gasteiger partial charge on any atom is 0.325 e. The first-order valence-corrected chi connectivity index (χ1v) is 7.12. The molecule has 1 amide bonds. The Balaban J connectivity index is 2.43. The largest absolute Gasteiger partial charge is 0.465 e. The molecular formula is C13H18N2O3S. The van der Waals surface area contributed by atoms with Gasteiger partial charge in [0.1, 0.15) is 6.54 Å². The Kier molecular flexibility index (Phi) is 6.95. The van der Waals surface area contributed by atoms with Crippen molar-refractivity contribution in [1.29, 1.82) is 0 Å². The number of carbonyl (C=O) groups excluding carboxylic acids is 2. The first-order chi connectivity index (χ1) is 9.17. The van der Waals surface area contributed by atoms with E-state index in [-0.39, 0.29) is 18.4 Å². The zero-order valence-corrected chi connectivity index (χ0v) is 12.0. The summed E-state index contributed by atoms with van der Waals surface area (Å²) in [6.07, 6.45) is 3.37. The van der Waals surface area contributed by atoms with Crippen molar-refractivity contribution in [3.63, 3.8) is 0 Å². The summed E-state index contributed by atoms with van der Waals surface area (Å²) in [6.45, 7) is 4.43. The highest BCUT2D eigenvalue weighted by molar-refractivity contribution is 8.00. The number of nitrogens with zero attached hydrogens (tertiary/aromatic N) is 2. The van der Waals surface area contributed by atoms with Gasteiger partial charge in [-0.2, -0.15) is 0 Å². The van der Waals surface area contributed by atoms with Gasteiger partial charge in [-0.05, 0) is 26.0 Å². The number of hydrogen-bond acceptors (Lipinski definition) is 5. The number of esters is 1. The fourth-order valence-electron chi connectivity index (χ4n) is 1.41. The van der Waals surface area contributed by atoms with Crippen LogP contribution in [-0.4, -0.2) is 47.2 Å². The van der Waals surface area contributed by atoms with Gasteiger partial charge in [-0.1, -0.05) is 0 Å². The molecule has 6 heteroatoms. The number of rotatable bonds is 7. The van der Waals surface area contributed by atoms with Gasteiger partial charge in [-0.15, -0.1) is 11.8 Å². The molecule has 0 saturated heterocycles. The van der Waals surface area contributed by atoms with E-state index in [0.717, 1.165) is 4.90 Å². The molecule has 0 aliphatic carbocycles. The van der Waals surface area contributed by atoms with Crippen LogP contribution in [0.4, 0.5) is 0 Å². The highest BCUT2D eigenvalue weighted by atomic mass is 32.2. The third kappa shape index (κ3) is 5.74. The number of carbonyl (C=O) groups is 2. The third-order valence-electron chi connectivity index (χ3n) is 2.37. The van der Waals surface area contributed by atoms with Gasteiger partial charge < -0.3 is 9.64 Å². The van der Waals surface area contributed by atoms with E-state index >= 15 is 0 Å². The van der Waals surface area contributed by atoms with Gasteiger partial charge in [0.05, 0.1) is 12.4 Å². The molecule has 5 nitrogen and oxygen atoms in total. The second kappa shape index (κ2) is 8.53. The molecule has 0 spiro atoms. The SMILES string of the molecule is CCOC(=O)CN(CC)C(=O)CSc1ccncc1. The van der Waals surface area contributed by atoms with Crippen molar-refractivity contribution in [2.24, 2.45) is 0 Å². The van der Waals surface area contributed by atoms with Crippen LogP contribution < -0.4 is 0 Å². The second-order valence-electron chi connectivity index (χ2n) is 3.68. The lowest BCUT2D eigenvalue weighted by molar-refractivity contribution is -0.148. The van der Waals surface area contributed by atoms with E-state index in [9.17, 15) is 9.59 Å². The number of ether oxygens (including phenoxy) is 1. The molecule has 1 rings (SSSR count). The average Bonchev–Trinajstić information content (AvgIpc) is 2.43. The monoisotopic (exact) mass is 282 g/mol. The van der Waals surface area contributed by atoms with Gasteiger partial charge in [0.25, 0.3) is 0 Å². The molecule has 0 aromatic carbocycles. The highest BCUT2D eigenvalue weighted by Crippen LogP contribution is 2.16. The molecule has 19 heavy (non-hydrogen) atoms. The maximum atomic E-state index is 12.0. The number of hydrogen-bond donors (Lipinski definition) is 0. The summed E-state index contributed by atoms with van der Waals surface area (Å²) in [5.41, 5.74) is 0. The minimum Gasteiger partial charge on any atom is -0.465 e. The fourth-order valence-corrected chi connectivity index (χ4v) is 2.20. The highest BCUT2D eigenvalue weighted by Gasteiger charge is 2.16. The van der Waals surface area contributed by atoms with Crippen molar-refractivity contribution >= 4 is 23.6 Å². The number of amides is 1. The van der Waals surface area contributed by atoms with E-state index in [4.69, 9.17) is 4.74 Å². The Morgan fingerprint density at radius 2 is 2.00 bits per heavy atom. The quantitative estimate of drug-likeness (QED) is 0.561. The zero-order chi connectivity index (χ0) is 14.1. The van der Waals surface area contributed by atoms with Crippen LogP contribution in [0.15, 0.2) is 29.4 Å². The summed E-state index contributed by atoms with van der Waals surface area (Å²) in [5, 5.41) is 0. The standard InChI is InChI=1S/C13H18N2O3S/c1-3-15(9-13(17)18-4-2)12(16)10-19-11-5-7-14-8-6-11/h5-8H,3-4,9-10H2,1-2H3. The van der Waals surface area contributed by atoms with Crippen LogP contribution in [0.2, 0.25) is 0 Å². The molecule has 1 aromatic heterocycles. The summed E-state index contributed by atoms with van der Waals surface area (Å²) < 4.78 is 4.84. The predicted molar refractivity (Wildman–Crippen MR) is 73.8 cm³/mol. The zero-order valence-electron chi connectivity index (χ0n) is 11.2. The van der Waals surface area contributed by atoms with E-state index in [1.165, 1.54) is 16.7 Å². The van der Waals surface area contributed by atoms with E-state index < -0.39 is 0 Å². The number of aromatic nitrogens is 1. The molecular weight excluding hydrogens is 264 g/mol. The fraction of sp³-hybridized carbons (Fsp3) is 0.462. The smallest absolute Gasteiger partial charge is 0.325 e. The first kappa shape index (κ1) is 15.5. The Bertz CT molecular complexity index is 412. The molecule has 0 N–H and O–H groups in total. The summed E-state index contributed by atoms with van der Waals surface area (Å²) in [5.74, 6) is -0.138. The van der Waals surface area contributed by atoms with Crippen molar-refractivity contribution in [3.05, 3.63) is 24.5 Å². The minimum atomic E-state index is -0.369. The van der Waals surface area contributed by atoms with E-state index in [1.807, 2.05) is 19.1 Å². The molecule has 0 aliphatic rings. The van der Waals surface area contributed by atoms with Crippen LogP contribution >= 0.6 is 11.8 Å². The molecule has 1 heterocycles. The van der Waals surface area contributed by atoms with Gasteiger partial charge in [0.2, 0.25) is 5.91 Å². The van der Waals surface area contributed by atoms with E-state index in [1.54, 1.807) is 19.3 Å². The Morgan fingerprint density at radius 1 is 1.32 bits per heavy atom. The van der Waals surface area contributed by atoms with E-state index in [2.05, 4.69) is 4.98 Å². The molecule has 1 aromatic rings. The normalized spacial score (nSPS) is 10.0.